The topological polar surface area (TPSA) is 49.8 Å². The minimum Gasteiger partial charge on any atom is -0.481 e. The second-order valence-corrected chi connectivity index (χ2v) is 6.83. The average Bonchev–Trinajstić information content (AvgIpc) is 2.69. The van der Waals surface area contributed by atoms with Gasteiger partial charge in [-0.2, -0.15) is 0 Å². The Morgan fingerprint density at radius 3 is 2.42 bits per heavy atom. The van der Waals surface area contributed by atoms with Gasteiger partial charge in [0.05, 0.1) is 19.6 Å². The molecule has 2 aromatic carbocycles. The van der Waals surface area contributed by atoms with Crippen LogP contribution in [0.25, 0.3) is 11.1 Å². The summed E-state index contributed by atoms with van der Waals surface area (Å²) in [6.07, 6.45) is 2.39. The van der Waals surface area contributed by atoms with Gasteiger partial charge in [-0.1, -0.05) is 54.6 Å². The van der Waals surface area contributed by atoms with Crippen LogP contribution in [-0.2, 0) is 9.53 Å². The molecule has 0 amide bonds. The number of ether oxygens (including phenoxy) is 1. The lowest BCUT2D eigenvalue weighted by Gasteiger charge is -2.33. The van der Waals surface area contributed by atoms with Crippen LogP contribution in [0.2, 0.25) is 0 Å². The van der Waals surface area contributed by atoms with E-state index in [0.717, 1.165) is 32.5 Å². The maximum atomic E-state index is 10.5. The van der Waals surface area contributed by atoms with Crippen LogP contribution in [0.4, 0.5) is 0 Å². The van der Waals surface area contributed by atoms with Crippen molar-refractivity contribution in [2.45, 2.75) is 25.2 Å². The van der Waals surface area contributed by atoms with Crippen molar-refractivity contribution in [3.05, 3.63) is 60.2 Å². The van der Waals surface area contributed by atoms with Crippen LogP contribution in [0.3, 0.4) is 0 Å². The normalized spacial score (nSPS) is 15.8. The Kier molecular flexibility index (Phi) is 6.81. The van der Waals surface area contributed by atoms with E-state index in [1.54, 1.807) is 0 Å². The van der Waals surface area contributed by atoms with Gasteiger partial charge in [0.1, 0.15) is 0 Å². The molecular formula is C22H27NO3. The second-order valence-electron chi connectivity index (χ2n) is 6.83. The molecule has 0 bridgehead atoms. The highest BCUT2D eigenvalue weighted by molar-refractivity contribution is 5.68. The van der Waals surface area contributed by atoms with Gasteiger partial charge < -0.3 is 14.7 Å². The van der Waals surface area contributed by atoms with Crippen molar-refractivity contribution < 1.29 is 14.6 Å². The Hall–Kier alpha value is -2.17. The summed E-state index contributed by atoms with van der Waals surface area (Å²) in [5.41, 5.74) is 4.09. The predicted octanol–water partition coefficient (Wildman–Crippen LogP) is 4.02. The number of hydrogen-bond donors (Lipinski definition) is 1. The number of likely N-dealkylation sites (tertiary alicyclic amines) is 1. The summed E-state index contributed by atoms with van der Waals surface area (Å²) < 4.78 is 5.41. The predicted molar refractivity (Wildman–Crippen MR) is 103 cm³/mol. The zero-order valence-electron chi connectivity index (χ0n) is 15.1. The van der Waals surface area contributed by atoms with Crippen molar-refractivity contribution in [2.75, 3.05) is 32.8 Å². The molecule has 0 radical (unpaired) electrons. The lowest BCUT2D eigenvalue weighted by atomic mass is 9.84. The van der Waals surface area contributed by atoms with E-state index in [2.05, 4.69) is 59.5 Å². The highest BCUT2D eigenvalue weighted by Crippen LogP contribution is 2.35. The molecule has 1 saturated heterocycles. The highest BCUT2D eigenvalue weighted by Gasteiger charge is 2.22. The van der Waals surface area contributed by atoms with Crippen molar-refractivity contribution in [3.8, 4) is 11.1 Å². The molecule has 1 aliphatic rings. The zero-order chi connectivity index (χ0) is 18.2. The lowest BCUT2D eigenvalue weighted by molar-refractivity contribution is -0.138. The first-order chi connectivity index (χ1) is 12.7. The molecule has 0 unspecified atom stereocenters. The molecule has 4 heteroatoms. The van der Waals surface area contributed by atoms with Crippen LogP contribution in [0, 0.1) is 0 Å². The van der Waals surface area contributed by atoms with Crippen molar-refractivity contribution >= 4 is 5.97 Å². The van der Waals surface area contributed by atoms with Crippen molar-refractivity contribution in [1.82, 2.24) is 4.90 Å². The molecule has 0 atom stereocenters. The molecular weight excluding hydrogens is 326 g/mol. The Morgan fingerprint density at radius 2 is 1.69 bits per heavy atom. The number of aliphatic carboxylic acids is 1. The van der Waals surface area contributed by atoms with E-state index < -0.39 is 5.97 Å². The molecule has 2 aromatic rings. The van der Waals surface area contributed by atoms with E-state index >= 15 is 0 Å². The summed E-state index contributed by atoms with van der Waals surface area (Å²) in [6, 6.07) is 19.4. The summed E-state index contributed by atoms with van der Waals surface area (Å²) in [6.45, 7) is 3.92. The van der Waals surface area contributed by atoms with E-state index in [4.69, 9.17) is 9.84 Å². The van der Waals surface area contributed by atoms with Crippen LogP contribution in [-0.4, -0.2) is 48.8 Å². The number of hydrogen-bond acceptors (Lipinski definition) is 3. The molecule has 0 spiro atoms. The third-order valence-electron chi connectivity index (χ3n) is 5.09. The van der Waals surface area contributed by atoms with Gasteiger partial charge in [0.2, 0.25) is 0 Å². The SMILES string of the molecule is O=C(O)CCOCCN1CCC(c2ccccc2-c2ccccc2)CC1. The number of carboxylic acids is 1. The fraction of sp³-hybridized carbons (Fsp3) is 0.409. The minimum atomic E-state index is -0.803. The van der Waals surface area contributed by atoms with Crippen LogP contribution < -0.4 is 0 Å². The Bertz CT molecular complexity index is 694. The van der Waals surface area contributed by atoms with Crippen molar-refractivity contribution in [1.29, 1.82) is 0 Å². The summed E-state index contributed by atoms with van der Waals surface area (Å²) in [7, 11) is 0. The molecule has 1 heterocycles. The number of nitrogens with zero attached hydrogens (tertiary/aromatic N) is 1. The molecule has 0 aliphatic carbocycles. The van der Waals surface area contributed by atoms with Gasteiger partial charge in [-0.05, 0) is 48.5 Å². The molecule has 1 N–H and O–H groups in total. The maximum Gasteiger partial charge on any atom is 0.305 e. The van der Waals surface area contributed by atoms with Crippen molar-refractivity contribution in [2.24, 2.45) is 0 Å². The fourth-order valence-corrected chi connectivity index (χ4v) is 3.66. The van der Waals surface area contributed by atoms with E-state index in [0.29, 0.717) is 19.1 Å². The molecule has 0 aromatic heterocycles. The number of rotatable bonds is 8. The average molecular weight is 353 g/mol. The minimum absolute atomic E-state index is 0.0817. The van der Waals surface area contributed by atoms with E-state index in [-0.39, 0.29) is 6.42 Å². The quantitative estimate of drug-likeness (QED) is 0.728. The van der Waals surface area contributed by atoms with E-state index in [9.17, 15) is 4.79 Å². The Morgan fingerprint density at radius 1 is 1.00 bits per heavy atom. The molecule has 4 nitrogen and oxygen atoms in total. The monoisotopic (exact) mass is 353 g/mol. The van der Waals surface area contributed by atoms with Crippen LogP contribution in [0.15, 0.2) is 54.6 Å². The summed E-state index contributed by atoms with van der Waals surface area (Å²) in [5, 5.41) is 8.61. The first-order valence-electron chi connectivity index (χ1n) is 9.40. The first kappa shape index (κ1) is 18.6. The summed E-state index contributed by atoms with van der Waals surface area (Å²) >= 11 is 0. The van der Waals surface area contributed by atoms with Crippen LogP contribution in [0.5, 0.6) is 0 Å². The molecule has 26 heavy (non-hydrogen) atoms. The van der Waals surface area contributed by atoms with Gasteiger partial charge in [0.15, 0.2) is 0 Å². The standard InChI is InChI=1S/C22H27NO3/c24-22(25)12-16-26-17-15-23-13-10-19(11-14-23)21-9-5-4-8-20(21)18-6-2-1-3-7-18/h1-9,19H,10-17H2,(H,24,25). The second kappa shape index (κ2) is 9.51. The van der Waals surface area contributed by atoms with Gasteiger partial charge in [-0.25, -0.2) is 0 Å². The Labute approximate surface area is 155 Å². The summed E-state index contributed by atoms with van der Waals surface area (Å²) in [4.78, 5) is 12.9. The van der Waals surface area contributed by atoms with Crippen LogP contribution >= 0.6 is 0 Å². The first-order valence-corrected chi connectivity index (χ1v) is 9.40. The van der Waals surface area contributed by atoms with E-state index in [1.807, 2.05) is 0 Å². The fourth-order valence-electron chi connectivity index (χ4n) is 3.66. The smallest absolute Gasteiger partial charge is 0.305 e. The number of carboxylic acid groups (broad SMARTS) is 1. The van der Waals surface area contributed by atoms with Crippen LogP contribution in [0.1, 0.15) is 30.7 Å². The van der Waals surface area contributed by atoms with Crippen molar-refractivity contribution in [3.63, 3.8) is 0 Å². The van der Waals surface area contributed by atoms with Gasteiger partial charge >= 0.3 is 5.97 Å². The lowest BCUT2D eigenvalue weighted by Crippen LogP contribution is -2.35. The number of benzene rings is 2. The molecule has 1 fully saturated rings. The molecule has 0 saturated carbocycles. The van der Waals surface area contributed by atoms with Gasteiger partial charge in [-0.3, -0.25) is 4.79 Å². The highest BCUT2D eigenvalue weighted by atomic mass is 16.5. The third kappa shape index (κ3) is 5.16. The van der Waals surface area contributed by atoms with Gasteiger partial charge in [0.25, 0.3) is 0 Å². The summed E-state index contributed by atoms with van der Waals surface area (Å²) in [5.74, 6) is -0.210. The third-order valence-corrected chi connectivity index (χ3v) is 5.09. The molecule has 1 aliphatic heterocycles. The number of piperidine rings is 1. The number of carbonyl (C=O) groups is 1. The Balaban J connectivity index is 1.52. The maximum absolute atomic E-state index is 10.5. The largest absolute Gasteiger partial charge is 0.481 e. The van der Waals surface area contributed by atoms with Gasteiger partial charge in [-0.15, -0.1) is 0 Å². The van der Waals surface area contributed by atoms with Gasteiger partial charge in [0, 0.05) is 6.54 Å². The zero-order valence-corrected chi connectivity index (χ0v) is 15.1. The molecule has 3 rings (SSSR count). The van der Waals surface area contributed by atoms with E-state index in [1.165, 1.54) is 16.7 Å². The molecule has 138 valence electrons.